The van der Waals surface area contributed by atoms with E-state index in [0.717, 1.165) is 0 Å². The third kappa shape index (κ3) is 5.98. The van der Waals surface area contributed by atoms with Gasteiger partial charge < -0.3 is 19.9 Å². The first-order chi connectivity index (χ1) is 13.4. The van der Waals surface area contributed by atoms with Crippen molar-refractivity contribution in [3.8, 4) is 17.2 Å². The molecule has 0 saturated heterocycles. The van der Waals surface area contributed by atoms with Crippen molar-refractivity contribution in [3.63, 3.8) is 0 Å². The molecule has 0 saturated carbocycles. The molecular weight excluding hydrogens is 430 g/mol. The van der Waals surface area contributed by atoms with E-state index in [9.17, 15) is 14.7 Å². The van der Waals surface area contributed by atoms with Crippen LogP contribution < -0.4 is 20.2 Å². The minimum atomic E-state index is -0.351. The molecule has 2 aromatic carbocycles. The molecule has 8 nitrogen and oxygen atoms in total. The summed E-state index contributed by atoms with van der Waals surface area (Å²) in [6.07, 6.45) is 1.49. The zero-order valence-electron chi connectivity index (χ0n) is 15.4. The van der Waals surface area contributed by atoms with E-state index in [4.69, 9.17) is 9.47 Å². The largest absolute Gasteiger partial charge is 0.503 e. The number of phenolic OH excluding ortho intramolecular Hbond substituents is 1. The maximum Gasteiger partial charge on any atom is 0.251 e. The van der Waals surface area contributed by atoms with Crippen molar-refractivity contribution in [1.82, 2.24) is 10.7 Å². The number of phenols is 1. The summed E-state index contributed by atoms with van der Waals surface area (Å²) in [4.78, 5) is 23.8. The van der Waals surface area contributed by atoms with E-state index in [1.807, 2.05) is 0 Å². The summed E-state index contributed by atoms with van der Waals surface area (Å²) in [7, 11) is 2.98. The van der Waals surface area contributed by atoms with Crippen LogP contribution in [0.1, 0.15) is 22.3 Å². The Bertz CT molecular complexity index is 869. The number of nitrogens with one attached hydrogen (secondary N) is 2. The normalized spacial score (nSPS) is 10.5. The van der Waals surface area contributed by atoms with Gasteiger partial charge in [0.15, 0.2) is 11.5 Å². The minimum Gasteiger partial charge on any atom is -0.503 e. The Kier molecular flexibility index (Phi) is 7.82. The number of hydrazone groups is 1. The molecule has 0 aliphatic heterocycles. The summed E-state index contributed by atoms with van der Waals surface area (Å²) >= 11 is 3.21. The number of methoxy groups -OCH3 is 2. The highest BCUT2D eigenvalue weighted by atomic mass is 79.9. The summed E-state index contributed by atoms with van der Waals surface area (Å²) in [6.45, 7) is 0.171. The number of hydrogen-bond acceptors (Lipinski definition) is 6. The highest BCUT2D eigenvalue weighted by Gasteiger charge is 2.08. The van der Waals surface area contributed by atoms with Gasteiger partial charge in [-0.3, -0.25) is 9.59 Å². The molecule has 0 unspecified atom stereocenters. The summed E-state index contributed by atoms with van der Waals surface area (Å²) in [5, 5.41) is 16.3. The van der Waals surface area contributed by atoms with E-state index >= 15 is 0 Å². The Morgan fingerprint density at radius 1 is 1.18 bits per heavy atom. The van der Waals surface area contributed by atoms with Crippen LogP contribution in [0.25, 0.3) is 0 Å². The number of hydrogen-bond donors (Lipinski definition) is 3. The number of rotatable bonds is 8. The van der Waals surface area contributed by atoms with Crippen molar-refractivity contribution in [3.05, 3.63) is 52.0 Å². The van der Waals surface area contributed by atoms with Crippen LogP contribution >= 0.6 is 15.9 Å². The van der Waals surface area contributed by atoms with E-state index in [2.05, 4.69) is 31.8 Å². The van der Waals surface area contributed by atoms with E-state index in [-0.39, 0.29) is 36.3 Å². The van der Waals surface area contributed by atoms with Gasteiger partial charge in [0.1, 0.15) is 5.75 Å². The first-order valence-corrected chi connectivity index (χ1v) is 9.04. The molecule has 0 spiro atoms. The van der Waals surface area contributed by atoms with Crippen molar-refractivity contribution in [2.45, 2.75) is 6.42 Å². The van der Waals surface area contributed by atoms with Crippen molar-refractivity contribution in [2.75, 3.05) is 20.8 Å². The van der Waals surface area contributed by atoms with Gasteiger partial charge in [-0.25, -0.2) is 5.43 Å². The summed E-state index contributed by atoms with van der Waals surface area (Å²) in [6, 6.07) is 9.86. The lowest BCUT2D eigenvalue weighted by Crippen LogP contribution is -2.29. The number of nitrogens with zero attached hydrogens (tertiary/aromatic N) is 1. The summed E-state index contributed by atoms with van der Waals surface area (Å²) in [5.41, 5.74) is 3.47. The van der Waals surface area contributed by atoms with Crippen LogP contribution in [0.3, 0.4) is 0 Å². The third-order valence-electron chi connectivity index (χ3n) is 3.66. The van der Waals surface area contributed by atoms with Crippen LogP contribution in [0.5, 0.6) is 17.2 Å². The lowest BCUT2D eigenvalue weighted by Gasteiger charge is -2.06. The lowest BCUT2D eigenvalue weighted by atomic mass is 10.2. The standard InChI is InChI=1S/C19H20BrN3O5/c1-27-14-5-3-13(4-6-14)19(26)21-8-7-17(24)23-22-11-12-9-15(20)18(25)16(10-12)28-2/h3-6,9-11,25H,7-8H2,1-2H3,(H,21,26)(H,23,24)/b22-11+. The lowest BCUT2D eigenvalue weighted by molar-refractivity contribution is -0.120. The van der Waals surface area contributed by atoms with Crippen molar-refractivity contribution in [2.24, 2.45) is 5.10 Å². The number of carbonyl (C=O) groups excluding carboxylic acids is 2. The number of halogens is 1. The van der Waals surface area contributed by atoms with Gasteiger partial charge in [0, 0.05) is 18.5 Å². The van der Waals surface area contributed by atoms with Crippen molar-refractivity contribution < 1.29 is 24.2 Å². The predicted molar refractivity (Wildman–Crippen MR) is 108 cm³/mol. The highest BCUT2D eigenvalue weighted by molar-refractivity contribution is 9.10. The van der Waals surface area contributed by atoms with Gasteiger partial charge in [-0.1, -0.05) is 0 Å². The topological polar surface area (TPSA) is 109 Å². The Morgan fingerprint density at radius 2 is 1.89 bits per heavy atom. The monoisotopic (exact) mass is 449 g/mol. The fraction of sp³-hybridized carbons (Fsp3) is 0.211. The maximum atomic E-state index is 12.0. The molecule has 9 heteroatoms. The highest BCUT2D eigenvalue weighted by Crippen LogP contribution is 2.34. The average molecular weight is 450 g/mol. The van der Waals surface area contributed by atoms with Gasteiger partial charge in [0.05, 0.1) is 24.9 Å². The minimum absolute atomic E-state index is 0.0173. The van der Waals surface area contributed by atoms with Gasteiger partial charge in [0.25, 0.3) is 5.91 Å². The first kappa shape index (κ1) is 21.2. The fourth-order valence-electron chi connectivity index (χ4n) is 2.19. The van der Waals surface area contributed by atoms with E-state index in [0.29, 0.717) is 21.3 Å². The second kappa shape index (κ2) is 10.3. The van der Waals surface area contributed by atoms with Crippen LogP contribution in [0, 0.1) is 0 Å². The molecule has 0 aliphatic carbocycles. The Labute approximate surface area is 170 Å². The smallest absolute Gasteiger partial charge is 0.251 e. The number of amides is 2. The van der Waals surface area contributed by atoms with Gasteiger partial charge in [-0.05, 0) is 57.9 Å². The van der Waals surface area contributed by atoms with Crippen LogP contribution in [-0.2, 0) is 4.79 Å². The molecule has 0 bridgehead atoms. The second-order valence-electron chi connectivity index (χ2n) is 5.58. The number of carbonyl (C=O) groups is 2. The molecule has 28 heavy (non-hydrogen) atoms. The van der Waals surface area contributed by atoms with E-state index < -0.39 is 0 Å². The van der Waals surface area contributed by atoms with Crippen LogP contribution in [-0.4, -0.2) is 43.9 Å². The second-order valence-corrected chi connectivity index (χ2v) is 6.44. The van der Waals surface area contributed by atoms with Gasteiger partial charge in [-0.2, -0.15) is 5.10 Å². The molecule has 0 fully saturated rings. The van der Waals surface area contributed by atoms with Gasteiger partial charge in [-0.15, -0.1) is 0 Å². The van der Waals surface area contributed by atoms with Crippen molar-refractivity contribution >= 4 is 34.0 Å². The molecule has 0 aromatic heterocycles. The van der Waals surface area contributed by atoms with E-state index in [1.165, 1.54) is 13.3 Å². The molecule has 0 radical (unpaired) electrons. The van der Waals surface area contributed by atoms with E-state index in [1.54, 1.807) is 43.5 Å². The Morgan fingerprint density at radius 3 is 2.54 bits per heavy atom. The molecule has 148 valence electrons. The average Bonchev–Trinajstić information content (AvgIpc) is 2.70. The van der Waals surface area contributed by atoms with Crippen LogP contribution in [0.4, 0.5) is 0 Å². The predicted octanol–water partition coefficient (Wildman–Crippen LogP) is 2.44. The fourth-order valence-corrected chi connectivity index (χ4v) is 2.65. The molecule has 2 rings (SSSR count). The van der Waals surface area contributed by atoms with Gasteiger partial charge >= 0.3 is 0 Å². The zero-order valence-corrected chi connectivity index (χ0v) is 16.9. The molecular formula is C19H20BrN3O5. The quantitative estimate of drug-likeness (QED) is 0.423. The van der Waals surface area contributed by atoms with Crippen molar-refractivity contribution in [1.29, 1.82) is 0 Å². The maximum absolute atomic E-state index is 12.0. The molecule has 0 heterocycles. The SMILES string of the molecule is COc1ccc(C(=O)NCCC(=O)N/N=C/c2cc(Br)c(O)c(OC)c2)cc1. The number of aromatic hydroxyl groups is 1. The Balaban J connectivity index is 1.78. The number of benzene rings is 2. The zero-order chi connectivity index (χ0) is 20.5. The first-order valence-electron chi connectivity index (χ1n) is 8.25. The molecule has 2 aromatic rings. The molecule has 0 atom stereocenters. The van der Waals surface area contributed by atoms with Crippen LogP contribution in [0.2, 0.25) is 0 Å². The third-order valence-corrected chi connectivity index (χ3v) is 4.27. The number of ether oxygens (including phenoxy) is 2. The summed E-state index contributed by atoms with van der Waals surface area (Å²) in [5.74, 6) is 0.294. The molecule has 2 amide bonds. The molecule has 3 N–H and O–H groups in total. The summed E-state index contributed by atoms with van der Waals surface area (Å²) < 4.78 is 10.5. The molecule has 0 aliphatic rings. The van der Waals surface area contributed by atoms with Crippen LogP contribution in [0.15, 0.2) is 46.0 Å². The Hall–Kier alpha value is -3.07. The van der Waals surface area contributed by atoms with Gasteiger partial charge in [0.2, 0.25) is 5.91 Å².